The number of hydrogen-bond donors (Lipinski definition) is 0. The summed E-state index contributed by atoms with van der Waals surface area (Å²) in [6.07, 6.45) is 0.993. The van der Waals surface area contributed by atoms with E-state index in [2.05, 4.69) is 0 Å². The molecule has 0 spiro atoms. The monoisotopic (exact) mass is 246 g/mol. The normalized spacial score (nSPS) is 12.3. The topological polar surface area (TPSA) is 61.8 Å². The molecule has 0 aromatic rings. The Morgan fingerprint density at radius 3 is 1.82 bits per heavy atom. The smallest absolute Gasteiger partial charge is 0.320 e. The number of hydrogen-bond acceptors (Lipinski definition) is 5. The molecule has 0 aromatic heterocycles. The Morgan fingerprint density at radius 1 is 1.00 bits per heavy atom. The number of carbonyl (C=O) groups excluding carboxylic acids is 2. The van der Waals surface area contributed by atoms with Crippen LogP contribution in [0.15, 0.2) is 0 Å². The number of rotatable bonds is 8. The first kappa shape index (κ1) is 15.9. The van der Waals surface area contributed by atoms with E-state index in [0.29, 0.717) is 12.8 Å². The van der Waals surface area contributed by atoms with E-state index < -0.39 is 17.9 Å². The van der Waals surface area contributed by atoms with E-state index in [9.17, 15) is 9.59 Å². The van der Waals surface area contributed by atoms with Crippen molar-refractivity contribution in [2.45, 2.75) is 39.7 Å². The molecule has 0 aliphatic carbocycles. The SMILES string of the molecule is CCOC(=O)C(CCC(C)OC)C(=O)OCC. The molecule has 5 nitrogen and oxygen atoms in total. The van der Waals surface area contributed by atoms with Crippen molar-refractivity contribution in [1.82, 2.24) is 0 Å². The van der Waals surface area contributed by atoms with Gasteiger partial charge in [-0.05, 0) is 33.6 Å². The molecular formula is C12H22O5. The molecule has 0 saturated carbocycles. The first-order chi connectivity index (χ1) is 8.06. The molecule has 0 amide bonds. The molecule has 0 N–H and O–H groups in total. The second-order valence-electron chi connectivity index (χ2n) is 3.68. The van der Waals surface area contributed by atoms with Gasteiger partial charge in [-0.15, -0.1) is 0 Å². The minimum atomic E-state index is -0.840. The summed E-state index contributed by atoms with van der Waals surface area (Å²) in [7, 11) is 1.59. The minimum Gasteiger partial charge on any atom is -0.465 e. The van der Waals surface area contributed by atoms with E-state index in [0.717, 1.165) is 0 Å². The maximum Gasteiger partial charge on any atom is 0.320 e. The summed E-state index contributed by atoms with van der Waals surface area (Å²) in [5, 5.41) is 0. The molecule has 0 fully saturated rings. The van der Waals surface area contributed by atoms with E-state index in [1.807, 2.05) is 6.92 Å². The molecule has 1 unspecified atom stereocenters. The fourth-order valence-electron chi connectivity index (χ4n) is 1.34. The van der Waals surface area contributed by atoms with Gasteiger partial charge in [-0.1, -0.05) is 0 Å². The third kappa shape index (κ3) is 6.26. The summed E-state index contributed by atoms with van der Waals surface area (Å²) < 4.78 is 14.8. The summed E-state index contributed by atoms with van der Waals surface area (Å²) in [5.41, 5.74) is 0. The lowest BCUT2D eigenvalue weighted by atomic mass is 10.0. The van der Waals surface area contributed by atoms with Crippen LogP contribution in [0.3, 0.4) is 0 Å². The van der Waals surface area contributed by atoms with Gasteiger partial charge >= 0.3 is 11.9 Å². The zero-order valence-corrected chi connectivity index (χ0v) is 11.0. The fraction of sp³-hybridized carbons (Fsp3) is 0.833. The summed E-state index contributed by atoms with van der Waals surface area (Å²) >= 11 is 0. The van der Waals surface area contributed by atoms with Gasteiger partial charge in [-0.25, -0.2) is 0 Å². The summed E-state index contributed by atoms with van der Waals surface area (Å²) in [6, 6.07) is 0. The van der Waals surface area contributed by atoms with Crippen LogP contribution in [-0.4, -0.2) is 38.4 Å². The molecule has 0 aliphatic heterocycles. The summed E-state index contributed by atoms with van der Waals surface area (Å²) in [5.74, 6) is -1.88. The number of esters is 2. The maximum absolute atomic E-state index is 11.6. The van der Waals surface area contributed by atoms with Crippen LogP contribution in [0.1, 0.15) is 33.6 Å². The van der Waals surface area contributed by atoms with Gasteiger partial charge in [0.2, 0.25) is 0 Å². The van der Waals surface area contributed by atoms with Crippen LogP contribution in [0.2, 0.25) is 0 Å². The minimum absolute atomic E-state index is 0.00125. The van der Waals surface area contributed by atoms with Crippen LogP contribution < -0.4 is 0 Å². The van der Waals surface area contributed by atoms with E-state index in [-0.39, 0.29) is 19.3 Å². The molecule has 0 aliphatic rings. The molecule has 1 atom stereocenters. The molecule has 0 radical (unpaired) electrons. The van der Waals surface area contributed by atoms with Gasteiger partial charge < -0.3 is 14.2 Å². The molecule has 17 heavy (non-hydrogen) atoms. The fourth-order valence-corrected chi connectivity index (χ4v) is 1.34. The van der Waals surface area contributed by atoms with Crippen molar-refractivity contribution in [2.75, 3.05) is 20.3 Å². The molecule has 0 saturated heterocycles. The highest BCUT2D eigenvalue weighted by molar-refractivity contribution is 5.94. The van der Waals surface area contributed by atoms with Crippen LogP contribution in [-0.2, 0) is 23.8 Å². The molecule has 0 heterocycles. The van der Waals surface area contributed by atoms with Crippen molar-refractivity contribution in [3.8, 4) is 0 Å². The predicted octanol–water partition coefficient (Wildman–Crippen LogP) is 1.54. The Bertz CT molecular complexity index is 221. The predicted molar refractivity (Wildman–Crippen MR) is 62.5 cm³/mol. The Labute approximate surface area is 102 Å². The number of carbonyl (C=O) groups is 2. The van der Waals surface area contributed by atoms with Crippen molar-refractivity contribution < 1.29 is 23.8 Å². The third-order valence-electron chi connectivity index (χ3n) is 2.41. The zero-order valence-electron chi connectivity index (χ0n) is 11.0. The summed E-state index contributed by atoms with van der Waals surface area (Å²) in [6.45, 7) is 5.81. The Hall–Kier alpha value is -1.10. The second kappa shape index (κ2) is 8.98. The van der Waals surface area contributed by atoms with Gasteiger partial charge in [-0.2, -0.15) is 0 Å². The highest BCUT2D eigenvalue weighted by Gasteiger charge is 2.29. The Kier molecular flexibility index (Phi) is 8.40. The quantitative estimate of drug-likeness (QED) is 0.480. The van der Waals surface area contributed by atoms with Gasteiger partial charge in [0.05, 0.1) is 19.3 Å². The summed E-state index contributed by atoms with van der Waals surface area (Å²) in [4.78, 5) is 23.2. The van der Waals surface area contributed by atoms with Crippen molar-refractivity contribution in [3.05, 3.63) is 0 Å². The molecule has 100 valence electrons. The van der Waals surface area contributed by atoms with Gasteiger partial charge in [0, 0.05) is 7.11 Å². The third-order valence-corrected chi connectivity index (χ3v) is 2.41. The molecule has 0 rings (SSSR count). The zero-order chi connectivity index (χ0) is 13.3. The van der Waals surface area contributed by atoms with E-state index in [1.54, 1.807) is 21.0 Å². The van der Waals surface area contributed by atoms with E-state index >= 15 is 0 Å². The van der Waals surface area contributed by atoms with Crippen LogP contribution in [0.25, 0.3) is 0 Å². The van der Waals surface area contributed by atoms with Crippen LogP contribution in [0.5, 0.6) is 0 Å². The second-order valence-corrected chi connectivity index (χ2v) is 3.68. The van der Waals surface area contributed by atoms with Crippen molar-refractivity contribution in [1.29, 1.82) is 0 Å². The van der Waals surface area contributed by atoms with Crippen molar-refractivity contribution >= 4 is 11.9 Å². The molecule has 0 aromatic carbocycles. The lowest BCUT2D eigenvalue weighted by Gasteiger charge is -2.16. The maximum atomic E-state index is 11.6. The largest absolute Gasteiger partial charge is 0.465 e. The lowest BCUT2D eigenvalue weighted by molar-refractivity contribution is -0.162. The average Bonchev–Trinajstić information content (AvgIpc) is 2.29. The van der Waals surface area contributed by atoms with Crippen molar-refractivity contribution in [3.63, 3.8) is 0 Å². The average molecular weight is 246 g/mol. The molecule has 5 heteroatoms. The van der Waals surface area contributed by atoms with E-state index in [4.69, 9.17) is 14.2 Å². The van der Waals surface area contributed by atoms with Crippen LogP contribution in [0, 0.1) is 5.92 Å². The van der Waals surface area contributed by atoms with Crippen molar-refractivity contribution in [2.24, 2.45) is 5.92 Å². The first-order valence-corrected chi connectivity index (χ1v) is 5.92. The van der Waals surface area contributed by atoms with Gasteiger partial charge in [0.1, 0.15) is 0 Å². The lowest BCUT2D eigenvalue weighted by Crippen LogP contribution is -2.29. The first-order valence-electron chi connectivity index (χ1n) is 5.92. The highest BCUT2D eigenvalue weighted by atomic mass is 16.6. The Balaban J connectivity index is 4.39. The number of methoxy groups -OCH3 is 1. The van der Waals surface area contributed by atoms with E-state index in [1.165, 1.54) is 0 Å². The van der Waals surface area contributed by atoms with Gasteiger partial charge in [0.25, 0.3) is 0 Å². The van der Waals surface area contributed by atoms with Crippen LogP contribution in [0.4, 0.5) is 0 Å². The standard InChI is InChI=1S/C12H22O5/c1-5-16-11(13)10(12(14)17-6-2)8-7-9(3)15-4/h9-10H,5-8H2,1-4H3. The number of ether oxygens (including phenoxy) is 3. The van der Waals surface area contributed by atoms with Gasteiger partial charge in [0.15, 0.2) is 5.92 Å². The highest BCUT2D eigenvalue weighted by Crippen LogP contribution is 2.14. The molecule has 0 bridgehead atoms. The van der Waals surface area contributed by atoms with Gasteiger partial charge in [-0.3, -0.25) is 9.59 Å². The Morgan fingerprint density at radius 2 is 1.47 bits per heavy atom. The molecular weight excluding hydrogens is 224 g/mol. The van der Waals surface area contributed by atoms with Crippen LogP contribution >= 0.6 is 0 Å².